The number of aryl methyl sites for hydroxylation is 1. The molecule has 0 aliphatic carbocycles. The van der Waals surface area contributed by atoms with Crippen LogP contribution in [0.15, 0.2) is 63.9 Å². The first kappa shape index (κ1) is 17.5. The Morgan fingerprint density at radius 1 is 1.08 bits per heavy atom. The van der Waals surface area contributed by atoms with Crippen molar-refractivity contribution in [2.75, 3.05) is 10.3 Å². The Hall–Kier alpha value is -3.35. The average Bonchev–Trinajstić information content (AvgIpc) is 2.89. The van der Waals surface area contributed by atoms with Crippen LogP contribution in [0.4, 0.5) is 17.1 Å². The van der Waals surface area contributed by atoms with Crippen LogP contribution in [0.1, 0.15) is 19.4 Å². The van der Waals surface area contributed by atoms with Crippen molar-refractivity contribution in [3.05, 3.63) is 54.1 Å². The van der Waals surface area contributed by atoms with Gasteiger partial charge in [-0.25, -0.2) is 0 Å². The molecule has 3 rings (SSSR count). The summed E-state index contributed by atoms with van der Waals surface area (Å²) in [6, 6.07) is 13.7. The number of azo groups is 1. The van der Waals surface area contributed by atoms with Crippen molar-refractivity contribution in [1.29, 1.82) is 0 Å². The van der Waals surface area contributed by atoms with Gasteiger partial charge in [0.1, 0.15) is 0 Å². The third kappa shape index (κ3) is 3.83. The molecule has 7 nitrogen and oxygen atoms in total. The average molecular weight is 349 g/mol. The van der Waals surface area contributed by atoms with Crippen LogP contribution < -0.4 is 10.3 Å². The second kappa shape index (κ2) is 7.26. The number of carbonyl (C=O) groups is 2. The second-order valence-corrected chi connectivity index (χ2v) is 6.07. The van der Waals surface area contributed by atoms with Gasteiger partial charge in [0.25, 0.3) is 5.91 Å². The number of hydrogen-bond acceptors (Lipinski definition) is 5. The molecule has 0 aromatic heterocycles. The summed E-state index contributed by atoms with van der Waals surface area (Å²) in [5.41, 5.74) is 3.67. The fraction of sp³-hybridized carbons (Fsp3) is 0.211. The lowest BCUT2D eigenvalue weighted by atomic mass is 10.2. The van der Waals surface area contributed by atoms with E-state index in [1.165, 1.54) is 11.9 Å². The molecule has 0 bridgehead atoms. The van der Waals surface area contributed by atoms with Crippen LogP contribution in [-0.4, -0.2) is 23.6 Å². The van der Waals surface area contributed by atoms with E-state index < -0.39 is 6.04 Å². The van der Waals surface area contributed by atoms with Crippen LogP contribution in [0.3, 0.4) is 0 Å². The quantitative estimate of drug-likeness (QED) is 0.851. The van der Waals surface area contributed by atoms with Crippen molar-refractivity contribution in [2.24, 2.45) is 15.3 Å². The van der Waals surface area contributed by atoms with Gasteiger partial charge < -0.3 is 5.32 Å². The van der Waals surface area contributed by atoms with Crippen molar-refractivity contribution in [3.8, 4) is 0 Å². The van der Waals surface area contributed by atoms with Crippen molar-refractivity contribution in [1.82, 2.24) is 0 Å². The molecule has 2 amide bonds. The zero-order valence-corrected chi connectivity index (χ0v) is 14.8. The van der Waals surface area contributed by atoms with Crippen LogP contribution in [-0.2, 0) is 9.59 Å². The summed E-state index contributed by atoms with van der Waals surface area (Å²) in [5.74, 6) is -0.411. The summed E-state index contributed by atoms with van der Waals surface area (Å²) in [4.78, 5) is 23.7. The predicted molar refractivity (Wildman–Crippen MR) is 101 cm³/mol. The first-order valence-corrected chi connectivity index (χ1v) is 8.18. The van der Waals surface area contributed by atoms with E-state index in [9.17, 15) is 9.59 Å². The number of hydrazone groups is 1. The third-order valence-electron chi connectivity index (χ3n) is 3.85. The van der Waals surface area contributed by atoms with Crippen molar-refractivity contribution in [2.45, 2.75) is 26.8 Å². The molecule has 1 aliphatic heterocycles. The normalized spacial score (nSPS) is 16.9. The van der Waals surface area contributed by atoms with Gasteiger partial charge in [-0.1, -0.05) is 17.7 Å². The fourth-order valence-electron chi connectivity index (χ4n) is 2.50. The Labute approximate surface area is 151 Å². The lowest BCUT2D eigenvalue weighted by Crippen LogP contribution is -2.29. The van der Waals surface area contributed by atoms with Crippen molar-refractivity contribution in [3.63, 3.8) is 0 Å². The van der Waals surface area contributed by atoms with Crippen LogP contribution in [0.25, 0.3) is 0 Å². The van der Waals surface area contributed by atoms with E-state index in [4.69, 9.17) is 0 Å². The van der Waals surface area contributed by atoms with Crippen LogP contribution in [0.5, 0.6) is 0 Å². The molecule has 1 unspecified atom stereocenters. The van der Waals surface area contributed by atoms with Gasteiger partial charge in [0.15, 0.2) is 6.04 Å². The highest BCUT2D eigenvalue weighted by Gasteiger charge is 2.34. The molecule has 7 heteroatoms. The molecule has 1 atom stereocenters. The highest BCUT2D eigenvalue weighted by molar-refractivity contribution is 6.18. The lowest BCUT2D eigenvalue weighted by Gasteiger charge is -2.13. The molecule has 1 heterocycles. The molecule has 0 spiro atoms. The molecule has 26 heavy (non-hydrogen) atoms. The van der Waals surface area contributed by atoms with Gasteiger partial charge in [-0.2, -0.15) is 20.3 Å². The first-order chi connectivity index (χ1) is 12.4. The maximum absolute atomic E-state index is 12.6. The lowest BCUT2D eigenvalue weighted by molar-refractivity contribution is -0.118. The zero-order valence-electron chi connectivity index (χ0n) is 14.8. The third-order valence-corrected chi connectivity index (χ3v) is 3.85. The van der Waals surface area contributed by atoms with E-state index in [-0.39, 0.29) is 11.8 Å². The highest BCUT2D eigenvalue weighted by atomic mass is 16.2. The number of anilines is 2. The SMILES string of the molecule is CC(=O)Nc1ccc(N2N=C(C)C(N=Nc3ccc(C)cc3)C2=O)cc1. The number of nitrogens with zero attached hydrogens (tertiary/aromatic N) is 4. The van der Waals surface area contributed by atoms with Gasteiger partial charge >= 0.3 is 0 Å². The monoisotopic (exact) mass is 349 g/mol. The standard InChI is InChI=1S/C19H19N5O2/c1-12-4-6-16(7-5-12)21-22-18-13(2)23-24(19(18)26)17-10-8-15(9-11-17)20-14(3)25/h4-11,18H,1-3H3,(H,20,25). The van der Waals surface area contributed by atoms with E-state index in [0.717, 1.165) is 5.56 Å². The van der Waals surface area contributed by atoms with E-state index in [1.54, 1.807) is 31.2 Å². The van der Waals surface area contributed by atoms with Gasteiger partial charge in [0.2, 0.25) is 5.91 Å². The largest absolute Gasteiger partial charge is 0.326 e. The number of carbonyl (C=O) groups excluding carboxylic acids is 2. The second-order valence-electron chi connectivity index (χ2n) is 6.07. The summed E-state index contributed by atoms with van der Waals surface area (Å²) >= 11 is 0. The number of nitrogens with one attached hydrogen (secondary N) is 1. The van der Waals surface area contributed by atoms with Gasteiger partial charge in [0.05, 0.1) is 17.1 Å². The number of rotatable bonds is 4. The smallest absolute Gasteiger partial charge is 0.280 e. The van der Waals surface area contributed by atoms with E-state index >= 15 is 0 Å². The summed E-state index contributed by atoms with van der Waals surface area (Å²) < 4.78 is 0. The van der Waals surface area contributed by atoms with Crippen LogP contribution in [0, 0.1) is 6.92 Å². The molecule has 2 aromatic rings. The Kier molecular flexibility index (Phi) is 4.88. The Morgan fingerprint density at radius 3 is 2.35 bits per heavy atom. The summed E-state index contributed by atoms with van der Waals surface area (Å²) in [6.45, 7) is 5.19. The molecule has 0 fully saturated rings. The van der Waals surface area contributed by atoms with E-state index in [1.807, 2.05) is 31.2 Å². The number of hydrogen-bond donors (Lipinski definition) is 1. The Balaban J connectivity index is 1.75. The van der Waals surface area contributed by atoms with Crippen LogP contribution >= 0.6 is 0 Å². The molecule has 0 saturated carbocycles. The maximum Gasteiger partial charge on any atom is 0.280 e. The van der Waals surface area contributed by atoms with Gasteiger partial charge in [-0.05, 0) is 50.2 Å². The Bertz CT molecular complexity index is 885. The summed E-state index contributed by atoms with van der Waals surface area (Å²) in [7, 11) is 0. The maximum atomic E-state index is 12.6. The number of amides is 2. The molecule has 0 saturated heterocycles. The van der Waals surface area contributed by atoms with Crippen molar-refractivity contribution >= 4 is 34.6 Å². The van der Waals surface area contributed by atoms with Gasteiger partial charge in [-0.15, -0.1) is 0 Å². The highest BCUT2D eigenvalue weighted by Crippen LogP contribution is 2.25. The van der Waals surface area contributed by atoms with Crippen LogP contribution in [0.2, 0.25) is 0 Å². The topological polar surface area (TPSA) is 86.5 Å². The first-order valence-electron chi connectivity index (χ1n) is 8.18. The molecular formula is C19H19N5O2. The zero-order chi connectivity index (χ0) is 18.7. The minimum Gasteiger partial charge on any atom is -0.326 e. The summed E-state index contributed by atoms with van der Waals surface area (Å²) in [6.07, 6.45) is 0. The minimum absolute atomic E-state index is 0.152. The minimum atomic E-state index is -0.730. The molecule has 2 aromatic carbocycles. The molecular weight excluding hydrogens is 330 g/mol. The molecule has 1 aliphatic rings. The van der Waals surface area contributed by atoms with E-state index in [2.05, 4.69) is 20.6 Å². The summed E-state index contributed by atoms with van der Waals surface area (Å²) in [5, 5.41) is 16.6. The van der Waals surface area contributed by atoms with Gasteiger partial charge in [-0.3, -0.25) is 9.59 Å². The van der Waals surface area contributed by atoms with Crippen molar-refractivity contribution < 1.29 is 9.59 Å². The van der Waals surface area contributed by atoms with E-state index in [0.29, 0.717) is 22.8 Å². The molecule has 1 N–H and O–H groups in total. The number of benzene rings is 2. The predicted octanol–water partition coefficient (Wildman–Crippen LogP) is 3.83. The molecule has 132 valence electrons. The fourth-order valence-corrected chi connectivity index (χ4v) is 2.50. The van der Waals surface area contributed by atoms with Gasteiger partial charge in [0, 0.05) is 12.6 Å². The Morgan fingerprint density at radius 2 is 1.73 bits per heavy atom. The molecule has 0 radical (unpaired) electrons.